The second kappa shape index (κ2) is 5.82. The maximum absolute atomic E-state index is 13.1. The van der Waals surface area contributed by atoms with Crippen molar-refractivity contribution < 1.29 is 22.7 Å². The van der Waals surface area contributed by atoms with E-state index in [0.717, 1.165) is 10.3 Å². The predicted molar refractivity (Wildman–Crippen MR) is 89.3 cm³/mol. The van der Waals surface area contributed by atoms with Gasteiger partial charge in [0.15, 0.2) is 6.61 Å². The van der Waals surface area contributed by atoms with Gasteiger partial charge in [-0.3, -0.25) is 4.79 Å². The van der Waals surface area contributed by atoms with Gasteiger partial charge in [0.05, 0.1) is 10.9 Å². The Labute approximate surface area is 144 Å². The summed E-state index contributed by atoms with van der Waals surface area (Å²) in [5.41, 5.74) is 0. The molecular weight excluding hydrogens is 344 g/mol. The fourth-order valence-corrected chi connectivity index (χ4v) is 5.12. The van der Waals surface area contributed by atoms with E-state index < -0.39 is 28.1 Å². The number of nitrogens with zero attached hydrogens (tertiary/aromatic N) is 2. The summed E-state index contributed by atoms with van der Waals surface area (Å²) >= 11 is 0. The summed E-state index contributed by atoms with van der Waals surface area (Å²) in [6.07, 6.45) is -0.287. The summed E-state index contributed by atoms with van der Waals surface area (Å²) in [4.78, 5) is 24.8. The molecule has 8 heteroatoms. The van der Waals surface area contributed by atoms with Crippen LogP contribution in [-0.4, -0.2) is 55.4 Å². The molecular formula is C17H16N2O5S. The maximum Gasteiger partial charge on any atom is 0.417 e. The van der Waals surface area contributed by atoms with Crippen molar-refractivity contribution in [2.45, 2.75) is 17.4 Å². The first kappa shape index (κ1) is 16.0. The number of amides is 2. The molecule has 2 fully saturated rings. The number of cyclic esters (lactones) is 1. The van der Waals surface area contributed by atoms with Gasteiger partial charge >= 0.3 is 6.09 Å². The van der Waals surface area contributed by atoms with Gasteiger partial charge in [0.2, 0.25) is 10.0 Å². The van der Waals surface area contributed by atoms with E-state index in [1.165, 1.54) is 4.31 Å². The van der Waals surface area contributed by atoms with Crippen molar-refractivity contribution in [3.8, 4) is 0 Å². The zero-order valence-electron chi connectivity index (χ0n) is 13.3. The molecule has 25 heavy (non-hydrogen) atoms. The van der Waals surface area contributed by atoms with E-state index in [4.69, 9.17) is 4.74 Å². The predicted octanol–water partition coefficient (Wildman–Crippen LogP) is 1.58. The Balaban J connectivity index is 1.65. The van der Waals surface area contributed by atoms with Crippen molar-refractivity contribution in [1.82, 2.24) is 9.21 Å². The zero-order chi connectivity index (χ0) is 17.6. The number of hydrogen-bond acceptors (Lipinski definition) is 5. The number of hydrogen-bond donors (Lipinski definition) is 0. The lowest BCUT2D eigenvalue weighted by Gasteiger charge is -2.21. The van der Waals surface area contributed by atoms with E-state index in [9.17, 15) is 18.0 Å². The van der Waals surface area contributed by atoms with Gasteiger partial charge in [-0.05, 0) is 17.9 Å². The highest BCUT2D eigenvalue weighted by Crippen LogP contribution is 2.29. The van der Waals surface area contributed by atoms with E-state index in [1.54, 1.807) is 24.3 Å². The molecule has 0 bridgehead atoms. The summed E-state index contributed by atoms with van der Waals surface area (Å²) in [6, 6.07) is 12.0. The van der Waals surface area contributed by atoms with Crippen LogP contribution in [0.25, 0.3) is 10.8 Å². The average molecular weight is 360 g/mol. The third-order valence-electron chi connectivity index (χ3n) is 4.64. The molecule has 0 N–H and O–H groups in total. The van der Waals surface area contributed by atoms with Gasteiger partial charge in [0.1, 0.15) is 0 Å². The van der Waals surface area contributed by atoms with E-state index in [0.29, 0.717) is 11.8 Å². The lowest BCUT2D eigenvalue weighted by atomic mass is 10.1. The lowest BCUT2D eigenvalue weighted by Crippen LogP contribution is -2.42. The first-order chi connectivity index (χ1) is 12.0. The number of carbonyl (C=O) groups is 2. The average Bonchev–Trinajstić information content (AvgIpc) is 3.21. The number of fused-ring (bicyclic) bond motifs is 1. The van der Waals surface area contributed by atoms with Crippen molar-refractivity contribution in [1.29, 1.82) is 0 Å². The normalized spacial score (nSPS) is 21.9. The Bertz CT molecular complexity index is 951. The van der Waals surface area contributed by atoms with Gasteiger partial charge < -0.3 is 4.74 Å². The highest BCUT2D eigenvalue weighted by Gasteiger charge is 2.43. The van der Waals surface area contributed by atoms with E-state index in [-0.39, 0.29) is 24.6 Å². The Hall–Kier alpha value is -2.45. The number of benzene rings is 2. The molecule has 4 rings (SSSR count). The molecule has 0 radical (unpaired) electrons. The van der Waals surface area contributed by atoms with Crippen molar-refractivity contribution >= 4 is 32.8 Å². The van der Waals surface area contributed by atoms with E-state index in [2.05, 4.69) is 0 Å². The van der Waals surface area contributed by atoms with Crippen LogP contribution in [0.4, 0.5) is 4.79 Å². The largest absolute Gasteiger partial charge is 0.439 e. The molecule has 2 amide bonds. The van der Waals surface area contributed by atoms with E-state index in [1.807, 2.05) is 18.2 Å². The molecule has 7 nitrogen and oxygen atoms in total. The first-order valence-corrected chi connectivity index (χ1v) is 9.39. The fourth-order valence-electron chi connectivity index (χ4n) is 3.42. The van der Waals surface area contributed by atoms with Gasteiger partial charge in [0, 0.05) is 18.5 Å². The Morgan fingerprint density at radius 2 is 1.80 bits per heavy atom. The quantitative estimate of drug-likeness (QED) is 0.830. The van der Waals surface area contributed by atoms with Gasteiger partial charge in [-0.25, -0.2) is 18.1 Å². The van der Waals surface area contributed by atoms with Gasteiger partial charge in [-0.1, -0.05) is 36.4 Å². The molecule has 0 spiro atoms. The van der Waals surface area contributed by atoms with Gasteiger partial charge in [-0.2, -0.15) is 4.31 Å². The minimum atomic E-state index is -3.72. The van der Waals surface area contributed by atoms with Crippen LogP contribution in [0.15, 0.2) is 47.4 Å². The van der Waals surface area contributed by atoms with Crippen LogP contribution in [-0.2, 0) is 19.6 Å². The molecule has 2 aliphatic heterocycles. The SMILES string of the molecule is O=C1COC(=O)N1C1CCN(S(=O)(=O)c2cccc3ccccc23)C1. The van der Waals surface area contributed by atoms with Crippen LogP contribution in [0.5, 0.6) is 0 Å². The van der Waals surface area contributed by atoms with Crippen molar-refractivity contribution in [3.05, 3.63) is 42.5 Å². The molecule has 2 heterocycles. The molecule has 2 aromatic rings. The van der Waals surface area contributed by atoms with Crippen LogP contribution >= 0.6 is 0 Å². The highest BCUT2D eigenvalue weighted by molar-refractivity contribution is 7.89. The van der Waals surface area contributed by atoms with Gasteiger partial charge in [0.25, 0.3) is 5.91 Å². The summed E-state index contributed by atoms with van der Waals surface area (Å²) < 4.78 is 32.2. The van der Waals surface area contributed by atoms with Crippen molar-refractivity contribution in [2.75, 3.05) is 19.7 Å². The summed E-state index contributed by atoms with van der Waals surface area (Å²) in [5.74, 6) is -0.417. The molecule has 0 aromatic heterocycles. The Morgan fingerprint density at radius 3 is 2.56 bits per heavy atom. The molecule has 130 valence electrons. The Kier molecular flexibility index (Phi) is 3.73. The smallest absolute Gasteiger partial charge is 0.417 e. The monoisotopic (exact) mass is 360 g/mol. The second-order valence-electron chi connectivity index (χ2n) is 6.10. The minimum Gasteiger partial charge on any atom is -0.439 e. The Morgan fingerprint density at radius 1 is 1.04 bits per heavy atom. The van der Waals surface area contributed by atoms with Crippen LogP contribution in [0.2, 0.25) is 0 Å². The van der Waals surface area contributed by atoms with Crippen molar-refractivity contribution in [2.24, 2.45) is 0 Å². The minimum absolute atomic E-state index is 0.0897. The van der Waals surface area contributed by atoms with E-state index >= 15 is 0 Å². The van der Waals surface area contributed by atoms with Crippen LogP contribution in [0.3, 0.4) is 0 Å². The van der Waals surface area contributed by atoms with Gasteiger partial charge in [-0.15, -0.1) is 0 Å². The summed E-state index contributed by atoms with van der Waals surface area (Å²) in [6.45, 7) is 0.0745. The second-order valence-corrected chi connectivity index (χ2v) is 8.01. The molecule has 0 saturated carbocycles. The third kappa shape index (κ3) is 2.58. The zero-order valence-corrected chi connectivity index (χ0v) is 14.1. The standard InChI is InChI=1S/C17H16N2O5S/c20-16-11-24-17(21)19(16)13-8-9-18(10-13)25(22,23)15-7-3-5-12-4-1-2-6-14(12)15/h1-7,13H,8-11H2. The molecule has 1 atom stereocenters. The lowest BCUT2D eigenvalue weighted by molar-refractivity contribution is -0.127. The molecule has 0 aliphatic carbocycles. The van der Waals surface area contributed by atoms with Crippen LogP contribution in [0.1, 0.15) is 6.42 Å². The number of sulfonamides is 1. The molecule has 2 aliphatic rings. The molecule has 2 saturated heterocycles. The molecule has 2 aromatic carbocycles. The topological polar surface area (TPSA) is 84.0 Å². The highest BCUT2D eigenvalue weighted by atomic mass is 32.2. The summed E-state index contributed by atoms with van der Waals surface area (Å²) in [5, 5.41) is 1.50. The van der Waals surface area contributed by atoms with Crippen LogP contribution < -0.4 is 0 Å². The summed E-state index contributed by atoms with van der Waals surface area (Å²) in [7, 11) is -3.72. The number of rotatable bonds is 3. The first-order valence-electron chi connectivity index (χ1n) is 7.95. The maximum atomic E-state index is 13.1. The number of ether oxygens (including phenoxy) is 1. The number of carbonyl (C=O) groups excluding carboxylic acids is 2. The third-order valence-corrected chi connectivity index (χ3v) is 6.57. The number of imide groups is 1. The fraction of sp³-hybridized carbons (Fsp3) is 0.294. The van der Waals surface area contributed by atoms with Crippen molar-refractivity contribution in [3.63, 3.8) is 0 Å². The molecule has 1 unspecified atom stereocenters. The van der Waals surface area contributed by atoms with Crippen LogP contribution in [0, 0.1) is 0 Å².